The van der Waals surface area contributed by atoms with Crippen LogP contribution in [0.2, 0.25) is 0 Å². The maximum absolute atomic E-state index is 12.8. The lowest BCUT2D eigenvalue weighted by molar-refractivity contribution is -0.138. The Morgan fingerprint density at radius 1 is 1.22 bits per heavy atom. The Balaban J connectivity index is 1.55. The largest absolute Gasteiger partial charge is 0.390 e. The summed E-state index contributed by atoms with van der Waals surface area (Å²) in [7, 11) is 2.13. The summed E-state index contributed by atoms with van der Waals surface area (Å²) in [4.78, 5) is 17.2. The molecule has 1 N–H and O–H groups in total. The van der Waals surface area contributed by atoms with E-state index in [1.807, 2.05) is 0 Å². The van der Waals surface area contributed by atoms with Crippen LogP contribution >= 0.6 is 0 Å². The zero-order chi connectivity index (χ0) is 19.0. The number of aliphatic hydroxyl groups is 1. The van der Waals surface area contributed by atoms with Crippen molar-refractivity contribution in [3.05, 3.63) is 35.4 Å². The van der Waals surface area contributed by atoms with E-state index in [2.05, 4.69) is 48.0 Å². The molecule has 1 aromatic carbocycles. The van der Waals surface area contributed by atoms with Gasteiger partial charge in [0.05, 0.1) is 12.1 Å². The van der Waals surface area contributed by atoms with Gasteiger partial charge in [0.1, 0.15) is 0 Å². The maximum Gasteiger partial charge on any atom is 0.225 e. The number of likely N-dealkylation sites (N-methyl/N-ethyl adjacent to an activating group) is 1. The van der Waals surface area contributed by atoms with E-state index < -0.39 is 6.10 Å². The van der Waals surface area contributed by atoms with Gasteiger partial charge in [0, 0.05) is 24.4 Å². The molecule has 0 bridgehead atoms. The van der Waals surface area contributed by atoms with E-state index in [1.165, 1.54) is 24.0 Å². The molecule has 0 radical (unpaired) electrons. The number of carbonyl (C=O) groups excluding carboxylic acids is 1. The molecule has 2 atom stereocenters. The predicted octanol–water partition coefficient (Wildman–Crippen LogP) is 3.49. The normalized spacial score (nSPS) is 27.5. The average Bonchev–Trinajstić information content (AvgIpc) is 3.29. The highest BCUT2D eigenvalue weighted by Gasteiger charge is 2.53. The van der Waals surface area contributed by atoms with E-state index in [0.29, 0.717) is 5.91 Å². The van der Waals surface area contributed by atoms with Crippen LogP contribution in [-0.4, -0.2) is 53.6 Å². The minimum atomic E-state index is -0.393. The Morgan fingerprint density at radius 2 is 1.89 bits per heavy atom. The monoisotopic (exact) mass is 370 g/mol. The van der Waals surface area contributed by atoms with Crippen molar-refractivity contribution in [2.45, 2.75) is 69.4 Å². The van der Waals surface area contributed by atoms with E-state index >= 15 is 0 Å². The average molecular weight is 371 g/mol. The van der Waals surface area contributed by atoms with Crippen molar-refractivity contribution >= 4 is 5.91 Å². The van der Waals surface area contributed by atoms with Crippen LogP contribution in [0.1, 0.15) is 69.0 Å². The number of fused-ring (bicyclic) bond motifs is 2. The fraction of sp³-hybridized carbons (Fsp3) is 0.696. The number of piperidine rings is 1. The summed E-state index contributed by atoms with van der Waals surface area (Å²) in [5, 5.41) is 11.5. The smallest absolute Gasteiger partial charge is 0.225 e. The number of benzene rings is 1. The van der Waals surface area contributed by atoms with Gasteiger partial charge in [0.15, 0.2) is 0 Å². The summed E-state index contributed by atoms with van der Waals surface area (Å²) in [5.74, 6) is 0.617. The standard InChI is InChI=1S/C23H34N2O2/c1-3-14-24(2)20-18-10-6-7-11-19(18)23(21(20)26)12-15-25(16-13-23)22(27)17-8-4-5-9-17/h6-7,10-11,17,20-21,26H,3-5,8-9,12-16H2,1-2H3/t20-,21+/m0/s1. The van der Waals surface area contributed by atoms with Crippen LogP contribution in [0, 0.1) is 5.92 Å². The molecule has 2 aliphatic carbocycles. The lowest BCUT2D eigenvalue weighted by Crippen LogP contribution is -2.51. The Hall–Kier alpha value is -1.39. The van der Waals surface area contributed by atoms with Gasteiger partial charge >= 0.3 is 0 Å². The maximum atomic E-state index is 12.8. The molecule has 4 heteroatoms. The molecule has 3 aliphatic rings. The van der Waals surface area contributed by atoms with E-state index in [4.69, 9.17) is 0 Å². The summed E-state index contributed by atoms with van der Waals surface area (Å²) in [6, 6.07) is 8.67. The van der Waals surface area contributed by atoms with Crippen molar-refractivity contribution in [1.82, 2.24) is 9.80 Å². The summed E-state index contributed by atoms with van der Waals surface area (Å²) in [6.45, 7) is 4.74. The number of hydrogen-bond donors (Lipinski definition) is 1. The molecule has 0 aromatic heterocycles. The molecule has 1 aliphatic heterocycles. The third-order valence-corrected chi connectivity index (χ3v) is 7.40. The Morgan fingerprint density at radius 3 is 2.56 bits per heavy atom. The summed E-state index contributed by atoms with van der Waals surface area (Å²) in [5.41, 5.74) is 2.41. The SMILES string of the molecule is CCCN(C)[C@H]1c2ccccc2C2(CCN(C(=O)C3CCCC3)CC2)[C@@H]1O. The quantitative estimate of drug-likeness (QED) is 0.882. The molecular weight excluding hydrogens is 336 g/mol. The molecule has 1 heterocycles. The van der Waals surface area contributed by atoms with E-state index in [9.17, 15) is 9.90 Å². The van der Waals surface area contributed by atoms with Gasteiger partial charge in [-0.05, 0) is 56.8 Å². The van der Waals surface area contributed by atoms with Crippen molar-refractivity contribution in [1.29, 1.82) is 0 Å². The second-order valence-corrected chi connectivity index (χ2v) is 8.92. The van der Waals surface area contributed by atoms with Crippen LogP contribution in [0.3, 0.4) is 0 Å². The zero-order valence-electron chi connectivity index (χ0n) is 16.9. The molecule has 27 heavy (non-hydrogen) atoms. The highest BCUT2D eigenvalue weighted by Crippen LogP contribution is 2.52. The second-order valence-electron chi connectivity index (χ2n) is 8.92. The molecule has 1 aromatic rings. The van der Waals surface area contributed by atoms with Crippen LogP contribution in [0.5, 0.6) is 0 Å². The predicted molar refractivity (Wildman–Crippen MR) is 108 cm³/mol. The summed E-state index contributed by atoms with van der Waals surface area (Å²) >= 11 is 0. The van der Waals surface area contributed by atoms with E-state index in [0.717, 1.165) is 51.7 Å². The van der Waals surface area contributed by atoms with E-state index in [1.54, 1.807) is 0 Å². The summed E-state index contributed by atoms with van der Waals surface area (Å²) < 4.78 is 0. The lowest BCUT2D eigenvalue weighted by Gasteiger charge is -2.44. The molecule has 2 fully saturated rings. The number of carbonyl (C=O) groups is 1. The minimum Gasteiger partial charge on any atom is -0.390 e. The van der Waals surface area contributed by atoms with Gasteiger partial charge in [0.25, 0.3) is 0 Å². The zero-order valence-corrected chi connectivity index (χ0v) is 16.9. The van der Waals surface area contributed by atoms with Gasteiger partial charge < -0.3 is 10.0 Å². The number of hydrogen-bond acceptors (Lipinski definition) is 3. The fourth-order valence-corrected chi connectivity index (χ4v) is 5.93. The molecule has 1 saturated heterocycles. The number of amides is 1. The number of rotatable bonds is 4. The molecule has 148 valence electrons. The first-order valence-electron chi connectivity index (χ1n) is 10.8. The molecule has 1 spiro atoms. The highest BCUT2D eigenvalue weighted by molar-refractivity contribution is 5.79. The Bertz CT molecular complexity index is 675. The van der Waals surface area contributed by atoms with Crippen molar-refractivity contribution in [2.24, 2.45) is 5.92 Å². The molecule has 1 amide bonds. The van der Waals surface area contributed by atoms with Crippen molar-refractivity contribution in [3.8, 4) is 0 Å². The lowest BCUT2D eigenvalue weighted by atomic mass is 9.71. The minimum absolute atomic E-state index is 0.0678. The molecule has 4 nitrogen and oxygen atoms in total. The third kappa shape index (κ3) is 3.11. The van der Waals surface area contributed by atoms with Gasteiger partial charge in [-0.25, -0.2) is 0 Å². The van der Waals surface area contributed by atoms with Gasteiger partial charge in [-0.3, -0.25) is 9.69 Å². The number of nitrogens with zero attached hydrogens (tertiary/aromatic N) is 2. The van der Waals surface area contributed by atoms with Crippen LogP contribution in [0.25, 0.3) is 0 Å². The van der Waals surface area contributed by atoms with Crippen LogP contribution in [-0.2, 0) is 10.2 Å². The summed E-state index contributed by atoms with van der Waals surface area (Å²) in [6.07, 6.45) is 6.97. The first-order chi connectivity index (χ1) is 13.1. The molecule has 1 saturated carbocycles. The number of likely N-dealkylation sites (tertiary alicyclic amines) is 1. The van der Waals surface area contributed by atoms with Gasteiger partial charge in [0.2, 0.25) is 5.91 Å². The fourth-order valence-electron chi connectivity index (χ4n) is 5.93. The Labute approximate surface area is 163 Å². The highest BCUT2D eigenvalue weighted by atomic mass is 16.3. The number of aliphatic hydroxyl groups excluding tert-OH is 1. The third-order valence-electron chi connectivity index (χ3n) is 7.40. The Kier molecular flexibility index (Phi) is 5.30. The van der Waals surface area contributed by atoms with E-state index in [-0.39, 0.29) is 17.4 Å². The van der Waals surface area contributed by atoms with Gasteiger partial charge in [-0.2, -0.15) is 0 Å². The van der Waals surface area contributed by atoms with Crippen LogP contribution in [0.15, 0.2) is 24.3 Å². The molecular formula is C23H34N2O2. The van der Waals surface area contributed by atoms with Crippen LogP contribution < -0.4 is 0 Å². The molecule has 4 rings (SSSR count). The topological polar surface area (TPSA) is 43.8 Å². The van der Waals surface area contributed by atoms with Crippen molar-refractivity contribution < 1.29 is 9.90 Å². The second kappa shape index (κ2) is 7.56. The van der Waals surface area contributed by atoms with Gasteiger partial charge in [-0.1, -0.05) is 44.0 Å². The van der Waals surface area contributed by atoms with Crippen LogP contribution in [0.4, 0.5) is 0 Å². The first-order valence-corrected chi connectivity index (χ1v) is 10.8. The first kappa shape index (κ1) is 18.9. The molecule has 0 unspecified atom stereocenters. The van der Waals surface area contributed by atoms with Gasteiger partial charge in [-0.15, -0.1) is 0 Å². The van der Waals surface area contributed by atoms with Crippen molar-refractivity contribution in [3.63, 3.8) is 0 Å². The van der Waals surface area contributed by atoms with Crippen molar-refractivity contribution in [2.75, 3.05) is 26.7 Å².